The molecule has 0 aliphatic heterocycles. The molecule has 0 atom stereocenters. The van der Waals surface area contributed by atoms with Crippen LogP contribution in [0.3, 0.4) is 0 Å². The molecular formula is C14H17N5O. The number of hydrogen-bond acceptors (Lipinski definition) is 5. The molecular weight excluding hydrogens is 254 g/mol. The van der Waals surface area contributed by atoms with Crippen LogP contribution in [0.1, 0.15) is 23.0 Å². The molecule has 6 nitrogen and oxygen atoms in total. The number of carbonyl (C=O) groups excluding carboxylic acids is 1. The molecule has 0 saturated carbocycles. The molecule has 2 aromatic heterocycles. The van der Waals surface area contributed by atoms with Crippen LogP contribution >= 0.6 is 0 Å². The minimum absolute atomic E-state index is 0.108. The van der Waals surface area contributed by atoms with Crippen LogP contribution in [-0.2, 0) is 6.54 Å². The molecule has 2 aromatic rings. The van der Waals surface area contributed by atoms with Crippen molar-refractivity contribution in [2.75, 3.05) is 18.5 Å². The van der Waals surface area contributed by atoms with E-state index in [2.05, 4.69) is 20.3 Å². The SMILES string of the molecule is CCNC(=O)c1ccc(N(C)Cc2cnccn2)nc1. The zero-order chi connectivity index (χ0) is 14.4. The topological polar surface area (TPSA) is 71.0 Å². The lowest BCUT2D eigenvalue weighted by Gasteiger charge is -2.17. The normalized spacial score (nSPS) is 10.1. The van der Waals surface area contributed by atoms with E-state index in [1.54, 1.807) is 30.9 Å². The van der Waals surface area contributed by atoms with Gasteiger partial charge in [-0.05, 0) is 19.1 Å². The average Bonchev–Trinajstić information content (AvgIpc) is 2.48. The van der Waals surface area contributed by atoms with Crippen molar-refractivity contribution in [3.05, 3.63) is 48.2 Å². The Morgan fingerprint density at radius 1 is 1.25 bits per heavy atom. The molecule has 0 aliphatic rings. The van der Waals surface area contributed by atoms with Gasteiger partial charge >= 0.3 is 0 Å². The Hall–Kier alpha value is -2.50. The predicted octanol–water partition coefficient (Wildman–Crippen LogP) is 1.26. The summed E-state index contributed by atoms with van der Waals surface area (Å²) >= 11 is 0. The molecule has 6 heteroatoms. The molecule has 0 radical (unpaired) electrons. The van der Waals surface area contributed by atoms with E-state index in [9.17, 15) is 4.79 Å². The van der Waals surface area contributed by atoms with Gasteiger partial charge in [0, 0.05) is 32.2 Å². The molecule has 0 bridgehead atoms. The average molecular weight is 271 g/mol. The first-order valence-electron chi connectivity index (χ1n) is 6.41. The molecule has 20 heavy (non-hydrogen) atoms. The van der Waals surface area contributed by atoms with Crippen LogP contribution in [0.4, 0.5) is 5.82 Å². The maximum Gasteiger partial charge on any atom is 0.252 e. The Bertz CT molecular complexity index is 556. The molecule has 1 amide bonds. The fourth-order valence-corrected chi connectivity index (χ4v) is 1.74. The highest BCUT2D eigenvalue weighted by atomic mass is 16.1. The Morgan fingerprint density at radius 3 is 2.70 bits per heavy atom. The third-order valence-corrected chi connectivity index (χ3v) is 2.75. The smallest absolute Gasteiger partial charge is 0.252 e. The number of aromatic nitrogens is 3. The summed E-state index contributed by atoms with van der Waals surface area (Å²) in [5.74, 6) is 0.673. The first kappa shape index (κ1) is 13.9. The van der Waals surface area contributed by atoms with E-state index in [1.807, 2.05) is 24.9 Å². The van der Waals surface area contributed by atoms with Gasteiger partial charge in [0.2, 0.25) is 0 Å². The quantitative estimate of drug-likeness (QED) is 0.886. The molecule has 1 N–H and O–H groups in total. The number of nitrogens with one attached hydrogen (secondary N) is 1. The molecule has 2 rings (SSSR count). The van der Waals surface area contributed by atoms with E-state index in [0.717, 1.165) is 11.5 Å². The molecule has 2 heterocycles. The van der Waals surface area contributed by atoms with Crippen molar-refractivity contribution in [1.82, 2.24) is 20.3 Å². The monoisotopic (exact) mass is 271 g/mol. The van der Waals surface area contributed by atoms with E-state index >= 15 is 0 Å². The number of anilines is 1. The van der Waals surface area contributed by atoms with E-state index in [1.165, 1.54) is 0 Å². The number of amides is 1. The second-order valence-corrected chi connectivity index (χ2v) is 4.32. The first-order chi connectivity index (χ1) is 9.70. The van der Waals surface area contributed by atoms with Crippen LogP contribution in [0, 0.1) is 0 Å². The molecule has 104 valence electrons. The van der Waals surface area contributed by atoms with Gasteiger partial charge < -0.3 is 10.2 Å². The second-order valence-electron chi connectivity index (χ2n) is 4.32. The van der Waals surface area contributed by atoms with Gasteiger partial charge in [-0.1, -0.05) is 0 Å². The summed E-state index contributed by atoms with van der Waals surface area (Å²) in [5, 5.41) is 2.74. The van der Waals surface area contributed by atoms with E-state index < -0.39 is 0 Å². The van der Waals surface area contributed by atoms with Gasteiger partial charge in [-0.2, -0.15) is 0 Å². The number of carbonyl (C=O) groups is 1. The summed E-state index contributed by atoms with van der Waals surface area (Å²) in [7, 11) is 1.92. The van der Waals surface area contributed by atoms with Crippen molar-refractivity contribution in [3.63, 3.8) is 0 Å². The lowest BCUT2D eigenvalue weighted by atomic mass is 10.2. The Morgan fingerprint density at radius 2 is 2.10 bits per heavy atom. The van der Waals surface area contributed by atoms with Crippen LogP contribution in [0.15, 0.2) is 36.9 Å². The summed E-state index contributed by atoms with van der Waals surface area (Å²) in [6, 6.07) is 3.58. The van der Waals surface area contributed by atoms with Crippen LogP contribution in [0.5, 0.6) is 0 Å². The van der Waals surface area contributed by atoms with Crippen molar-refractivity contribution in [1.29, 1.82) is 0 Å². The summed E-state index contributed by atoms with van der Waals surface area (Å²) in [6.45, 7) is 3.10. The Kier molecular flexibility index (Phi) is 4.60. The summed E-state index contributed by atoms with van der Waals surface area (Å²) in [6.07, 6.45) is 6.60. The van der Waals surface area contributed by atoms with Crippen molar-refractivity contribution in [3.8, 4) is 0 Å². The molecule has 0 fully saturated rings. The second kappa shape index (κ2) is 6.60. The van der Waals surface area contributed by atoms with Crippen LogP contribution in [-0.4, -0.2) is 34.5 Å². The zero-order valence-corrected chi connectivity index (χ0v) is 11.6. The summed E-state index contributed by atoms with van der Waals surface area (Å²) < 4.78 is 0. The van der Waals surface area contributed by atoms with Gasteiger partial charge in [0.25, 0.3) is 5.91 Å². The van der Waals surface area contributed by atoms with Crippen LogP contribution in [0.25, 0.3) is 0 Å². The molecule has 0 spiro atoms. The van der Waals surface area contributed by atoms with Gasteiger partial charge in [0.1, 0.15) is 5.82 Å². The van der Waals surface area contributed by atoms with E-state index in [0.29, 0.717) is 18.7 Å². The largest absolute Gasteiger partial charge is 0.354 e. The minimum Gasteiger partial charge on any atom is -0.354 e. The highest BCUT2D eigenvalue weighted by Crippen LogP contribution is 2.11. The first-order valence-corrected chi connectivity index (χ1v) is 6.41. The molecule has 0 aromatic carbocycles. The summed E-state index contributed by atoms with van der Waals surface area (Å²) in [4.78, 5) is 26.1. The van der Waals surface area contributed by atoms with Crippen LogP contribution < -0.4 is 10.2 Å². The Balaban J connectivity index is 2.04. The van der Waals surface area contributed by atoms with Crippen LogP contribution in [0.2, 0.25) is 0 Å². The zero-order valence-electron chi connectivity index (χ0n) is 11.6. The number of hydrogen-bond donors (Lipinski definition) is 1. The van der Waals surface area contributed by atoms with Gasteiger partial charge in [0.15, 0.2) is 0 Å². The number of rotatable bonds is 5. The van der Waals surface area contributed by atoms with E-state index in [4.69, 9.17) is 0 Å². The standard InChI is InChI=1S/C14H17N5O/c1-3-16-14(20)11-4-5-13(18-8-11)19(2)10-12-9-15-6-7-17-12/h4-9H,3,10H2,1-2H3,(H,16,20). The maximum atomic E-state index is 11.6. The van der Waals surface area contributed by atoms with Crippen molar-refractivity contribution >= 4 is 11.7 Å². The fourth-order valence-electron chi connectivity index (χ4n) is 1.74. The third-order valence-electron chi connectivity index (χ3n) is 2.75. The van der Waals surface area contributed by atoms with Crippen molar-refractivity contribution < 1.29 is 4.79 Å². The predicted molar refractivity (Wildman–Crippen MR) is 76.4 cm³/mol. The molecule has 0 saturated heterocycles. The third kappa shape index (κ3) is 3.50. The van der Waals surface area contributed by atoms with Crippen molar-refractivity contribution in [2.24, 2.45) is 0 Å². The molecule has 0 aliphatic carbocycles. The Labute approximate surface area is 117 Å². The maximum absolute atomic E-state index is 11.6. The highest BCUT2D eigenvalue weighted by Gasteiger charge is 2.07. The van der Waals surface area contributed by atoms with Gasteiger partial charge in [-0.15, -0.1) is 0 Å². The van der Waals surface area contributed by atoms with Gasteiger partial charge in [0.05, 0.1) is 24.0 Å². The number of nitrogens with zero attached hydrogens (tertiary/aromatic N) is 4. The van der Waals surface area contributed by atoms with Gasteiger partial charge in [-0.25, -0.2) is 4.98 Å². The number of pyridine rings is 1. The highest BCUT2D eigenvalue weighted by molar-refractivity contribution is 5.93. The van der Waals surface area contributed by atoms with E-state index in [-0.39, 0.29) is 5.91 Å². The lowest BCUT2D eigenvalue weighted by molar-refractivity contribution is 0.0955. The minimum atomic E-state index is -0.108. The van der Waals surface area contributed by atoms with Crippen molar-refractivity contribution in [2.45, 2.75) is 13.5 Å². The molecule has 0 unspecified atom stereocenters. The van der Waals surface area contributed by atoms with Gasteiger partial charge in [-0.3, -0.25) is 14.8 Å². The lowest BCUT2D eigenvalue weighted by Crippen LogP contribution is -2.23. The fraction of sp³-hybridized carbons (Fsp3) is 0.286. The summed E-state index contributed by atoms with van der Waals surface area (Å²) in [5.41, 5.74) is 1.42.